The zero-order valence-corrected chi connectivity index (χ0v) is 16.5. The van der Waals surface area contributed by atoms with Gasteiger partial charge in [0.05, 0.1) is 23.2 Å². The van der Waals surface area contributed by atoms with Gasteiger partial charge < -0.3 is 9.30 Å². The summed E-state index contributed by atoms with van der Waals surface area (Å²) in [5, 5.41) is 0. The van der Waals surface area contributed by atoms with Crippen molar-refractivity contribution < 1.29 is 19.1 Å². The van der Waals surface area contributed by atoms with Crippen molar-refractivity contribution >= 4 is 39.2 Å². The normalized spacial score (nSPS) is 11.6. The molecule has 28 heavy (non-hydrogen) atoms. The number of Topliss-reactive ketones (excluding diaryl/α,β-unsaturated/α-hetero) is 1. The number of amides is 1. The fourth-order valence-electron chi connectivity index (χ4n) is 2.76. The van der Waals surface area contributed by atoms with E-state index in [4.69, 9.17) is 4.74 Å². The SMILES string of the molecule is CCOC(=O)CCn1c(=NC(=O)c2ccc(C(C)=O)cc2)sc2ccccc21. The lowest BCUT2D eigenvalue weighted by Crippen LogP contribution is -2.19. The second-order valence-corrected chi connectivity index (χ2v) is 7.12. The highest BCUT2D eigenvalue weighted by Gasteiger charge is 2.11. The van der Waals surface area contributed by atoms with Gasteiger partial charge in [0.1, 0.15) is 0 Å². The van der Waals surface area contributed by atoms with Crippen LogP contribution in [0.1, 0.15) is 41.0 Å². The van der Waals surface area contributed by atoms with Gasteiger partial charge in [-0.25, -0.2) is 0 Å². The minimum absolute atomic E-state index is 0.0581. The van der Waals surface area contributed by atoms with Crippen molar-refractivity contribution in [3.8, 4) is 0 Å². The van der Waals surface area contributed by atoms with E-state index in [0.29, 0.717) is 29.1 Å². The Morgan fingerprint density at radius 3 is 2.39 bits per heavy atom. The van der Waals surface area contributed by atoms with E-state index in [9.17, 15) is 14.4 Å². The summed E-state index contributed by atoms with van der Waals surface area (Å²) in [7, 11) is 0. The number of fused-ring (bicyclic) bond motifs is 1. The van der Waals surface area contributed by atoms with Crippen LogP contribution in [-0.4, -0.2) is 28.8 Å². The van der Waals surface area contributed by atoms with Crippen LogP contribution in [0.3, 0.4) is 0 Å². The molecule has 1 amide bonds. The van der Waals surface area contributed by atoms with Crippen molar-refractivity contribution in [2.75, 3.05) is 6.61 Å². The maximum absolute atomic E-state index is 12.6. The summed E-state index contributed by atoms with van der Waals surface area (Å²) in [6.07, 6.45) is 0.198. The van der Waals surface area contributed by atoms with Gasteiger partial charge in [-0.05, 0) is 38.1 Å². The van der Waals surface area contributed by atoms with Crippen molar-refractivity contribution in [2.24, 2.45) is 4.99 Å². The molecule has 0 saturated heterocycles. The zero-order chi connectivity index (χ0) is 20.1. The van der Waals surface area contributed by atoms with Gasteiger partial charge in [-0.2, -0.15) is 4.99 Å². The minimum Gasteiger partial charge on any atom is -0.466 e. The molecule has 0 bridgehead atoms. The third-order valence-corrected chi connectivity index (χ3v) is 5.23. The smallest absolute Gasteiger partial charge is 0.307 e. The molecule has 3 rings (SSSR count). The summed E-state index contributed by atoms with van der Waals surface area (Å²) in [4.78, 5) is 40.6. The Bertz CT molecular complexity index is 1090. The van der Waals surface area contributed by atoms with Crippen molar-refractivity contribution in [3.63, 3.8) is 0 Å². The molecular weight excluding hydrogens is 376 g/mol. The molecule has 0 atom stereocenters. The summed E-state index contributed by atoms with van der Waals surface area (Å²) >= 11 is 1.39. The first-order chi connectivity index (χ1) is 13.5. The predicted octanol–water partition coefficient (Wildman–Crippen LogP) is 3.60. The number of thiazole rings is 1. The number of aromatic nitrogens is 1. The molecule has 3 aromatic rings. The van der Waals surface area contributed by atoms with Crippen molar-refractivity contribution in [1.29, 1.82) is 0 Å². The van der Waals surface area contributed by atoms with E-state index in [-0.39, 0.29) is 18.2 Å². The zero-order valence-electron chi connectivity index (χ0n) is 15.7. The van der Waals surface area contributed by atoms with E-state index < -0.39 is 5.91 Å². The lowest BCUT2D eigenvalue weighted by molar-refractivity contribution is -0.143. The second kappa shape index (κ2) is 8.75. The van der Waals surface area contributed by atoms with Gasteiger partial charge in [-0.3, -0.25) is 14.4 Å². The molecule has 0 aliphatic carbocycles. The number of hydrogen-bond acceptors (Lipinski definition) is 5. The van der Waals surface area contributed by atoms with E-state index in [1.807, 2.05) is 28.8 Å². The average molecular weight is 396 g/mol. The molecule has 1 aromatic heterocycles. The van der Waals surface area contributed by atoms with Gasteiger partial charge in [0.15, 0.2) is 10.6 Å². The first-order valence-corrected chi connectivity index (χ1v) is 9.75. The number of carbonyl (C=O) groups is 3. The molecule has 0 unspecified atom stereocenters. The summed E-state index contributed by atoms with van der Waals surface area (Å²) in [6, 6.07) is 14.1. The third-order valence-electron chi connectivity index (χ3n) is 4.17. The number of aryl methyl sites for hydroxylation is 1. The number of ether oxygens (including phenoxy) is 1. The fraction of sp³-hybridized carbons (Fsp3) is 0.238. The lowest BCUT2D eigenvalue weighted by atomic mass is 10.1. The summed E-state index contributed by atoms with van der Waals surface area (Å²) in [5.41, 5.74) is 1.86. The van der Waals surface area contributed by atoms with Crippen molar-refractivity contribution in [2.45, 2.75) is 26.8 Å². The summed E-state index contributed by atoms with van der Waals surface area (Å²) in [6.45, 7) is 3.95. The summed E-state index contributed by atoms with van der Waals surface area (Å²) in [5.74, 6) is -0.744. The maximum Gasteiger partial charge on any atom is 0.307 e. The Balaban J connectivity index is 1.96. The maximum atomic E-state index is 12.6. The number of nitrogens with zero attached hydrogens (tertiary/aromatic N) is 2. The highest BCUT2D eigenvalue weighted by atomic mass is 32.1. The van der Waals surface area contributed by atoms with Crippen LogP contribution in [0.5, 0.6) is 0 Å². The Morgan fingerprint density at radius 1 is 1.04 bits per heavy atom. The number of esters is 1. The van der Waals surface area contributed by atoms with Gasteiger partial charge >= 0.3 is 5.97 Å². The molecule has 0 aliphatic heterocycles. The lowest BCUT2D eigenvalue weighted by Gasteiger charge is -2.05. The van der Waals surface area contributed by atoms with E-state index in [2.05, 4.69) is 4.99 Å². The van der Waals surface area contributed by atoms with Crippen LogP contribution in [0, 0.1) is 0 Å². The Kier molecular flexibility index (Phi) is 6.16. The number of benzene rings is 2. The van der Waals surface area contributed by atoms with E-state index >= 15 is 0 Å². The molecule has 6 nitrogen and oxygen atoms in total. The van der Waals surface area contributed by atoms with Crippen LogP contribution in [-0.2, 0) is 16.1 Å². The molecule has 144 valence electrons. The highest BCUT2D eigenvalue weighted by molar-refractivity contribution is 7.16. The first-order valence-electron chi connectivity index (χ1n) is 8.93. The molecule has 0 fully saturated rings. The van der Waals surface area contributed by atoms with Gasteiger partial charge in [-0.1, -0.05) is 35.6 Å². The van der Waals surface area contributed by atoms with E-state index in [1.165, 1.54) is 18.3 Å². The fourth-order valence-corrected chi connectivity index (χ4v) is 3.81. The van der Waals surface area contributed by atoms with E-state index in [1.54, 1.807) is 31.2 Å². The van der Waals surface area contributed by atoms with Crippen LogP contribution >= 0.6 is 11.3 Å². The minimum atomic E-state index is -0.397. The van der Waals surface area contributed by atoms with Crippen molar-refractivity contribution in [3.05, 3.63) is 64.5 Å². The Hall–Kier alpha value is -3.06. The number of ketones is 1. The van der Waals surface area contributed by atoms with Gasteiger partial charge in [0, 0.05) is 17.7 Å². The Morgan fingerprint density at radius 2 is 1.71 bits per heavy atom. The molecule has 0 aliphatic rings. The number of hydrogen-bond donors (Lipinski definition) is 0. The van der Waals surface area contributed by atoms with Crippen LogP contribution in [0.2, 0.25) is 0 Å². The molecule has 7 heteroatoms. The quantitative estimate of drug-likeness (QED) is 0.471. The standard InChI is InChI=1S/C21H20N2O4S/c1-3-27-19(25)12-13-23-17-6-4-5-7-18(17)28-21(23)22-20(26)16-10-8-15(9-11-16)14(2)24/h4-11H,3,12-13H2,1-2H3. The number of carbonyl (C=O) groups excluding carboxylic acids is 3. The molecule has 0 saturated carbocycles. The number of rotatable bonds is 6. The summed E-state index contributed by atoms with van der Waals surface area (Å²) < 4.78 is 7.84. The van der Waals surface area contributed by atoms with Crippen molar-refractivity contribution in [1.82, 2.24) is 4.57 Å². The first kappa shape index (κ1) is 19.7. The largest absolute Gasteiger partial charge is 0.466 e. The average Bonchev–Trinajstić information content (AvgIpc) is 3.03. The number of para-hydroxylation sites is 1. The van der Waals surface area contributed by atoms with E-state index in [0.717, 1.165) is 10.2 Å². The molecule has 1 heterocycles. The molecule has 2 aromatic carbocycles. The second-order valence-electron chi connectivity index (χ2n) is 6.11. The molecule has 0 spiro atoms. The van der Waals surface area contributed by atoms with Gasteiger partial charge in [-0.15, -0.1) is 0 Å². The van der Waals surface area contributed by atoms with Crippen LogP contribution in [0.4, 0.5) is 0 Å². The van der Waals surface area contributed by atoms with Gasteiger partial charge in [0.2, 0.25) is 0 Å². The predicted molar refractivity (Wildman–Crippen MR) is 107 cm³/mol. The molecule has 0 N–H and O–H groups in total. The molecular formula is C21H20N2O4S. The molecule has 0 radical (unpaired) electrons. The third kappa shape index (κ3) is 4.43. The Labute approximate surface area is 166 Å². The van der Waals surface area contributed by atoms with Crippen LogP contribution < -0.4 is 4.80 Å². The van der Waals surface area contributed by atoms with Gasteiger partial charge in [0.25, 0.3) is 5.91 Å². The monoisotopic (exact) mass is 396 g/mol. The highest BCUT2D eigenvalue weighted by Crippen LogP contribution is 2.17. The topological polar surface area (TPSA) is 77.7 Å². The van der Waals surface area contributed by atoms with Crippen LogP contribution in [0.15, 0.2) is 53.5 Å². The van der Waals surface area contributed by atoms with Crippen LogP contribution in [0.25, 0.3) is 10.2 Å².